The van der Waals surface area contributed by atoms with Gasteiger partial charge in [0, 0.05) is 25.3 Å². The maximum Gasteiger partial charge on any atom is 0.306 e. The van der Waals surface area contributed by atoms with Crippen molar-refractivity contribution in [3.63, 3.8) is 0 Å². The number of nitrogens with one attached hydrogen (secondary N) is 1. The van der Waals surface area contributed by atoms with Crippen LogP contribution in [0.3, 0.4) is 0 Å². The summed E-state index contributed by atoms with van der Waals surface area (Å²) in [6.07, 6.45) is 5.32. The Morgan fingerprint density at radius 1 is 1.36 bits per heavy atom. The molecule has 0 saturated heterocycles. The van der Waals surface area contributed by atoms with E-state index < -0.39 is 5.97 Å². The van der Waals surface area contributed by atoms with Crippen molar-refractivity contribution in [2.45, 2.75) is 64.3 Å². The summed E-state index contributed by atoms with van der Waals surface area (Å²) >= 11 is 0. The van der Waals surface area contributed by atoms with Crippen molar-refractivity contribution in [2.75, 3.05) is 0 Å². The van der Waals surface area contributed by atoms with Gasteiger partial charge in [-0.05, 0) is 32.1 Å². The molecule has 1 heterocycles. The fourth-order valence-corrected chi connectivity index (χ4v) is 2.75. The summed E-state index contributed by atoms with van der Waals surface area (Å²) in [5.74, 6) is 0.164. The van der Waals surface area contributed by atoms with E-state index in [1.54, 1.807) is 0 Å². The number of hydrogen-bond acceptors (Lipinski definition) is 5. The SMILES string of the molecule is CCCc1noc(CCCC(=O)N[C@@H]2CC[C@H](C(=O)O)C2)n1. The Hall–Kier alpha value is -1.92. The number of aromatic nitrogens is 2. The number of carbonyl (C=O) groups excluding carboxylic acids is 1. The maximum atomic E-state index is 11.8. The minimum absolute atomic E-state index is 0.00633. The van der Waals surface area contributed by atoms with Crippen LogP contribution in [0.1, 0.15) is 57.2 Å². The first-order chi connectivity index (χ1) is 10.6. The standard InChI is InChI=1S/C15H23N3O4/c1-2-4-12-17-14(22-18-12)6-3-5-13(19)16-11-8-7-10(9-11)15(20)21/h10-11H,2-9H2,1H3,(H,16,19)(H,20,21)/t10-,11+/m0/s1. The normalized spacial score (nSPS) is 21.0. The second-order valence-corrected chi connectivity index (χ2v) is 5.82. The Balaban J connectivity index is 1.64. The van der Waals surface area contributed by atoms with E-state index in [0.29, 0.717) is 43.8 Å². The van der Waals surface area contributed by atoms with Crippen molar-refractivity contribution < 1.29 is 19.2 Å². The van der Waals surface area contributed by atoms with Crippen molar-refractivity contribution in [2.24, 2.45) is 5.92 Å². The van der Waals surface area contributed by atoms with E-state index >= 15 is 0 Å². The molecule has 1 saturated carbocycles. The number of aryl methyl sites for hydroxylation is 2. The number of hydrogen-bond donors (Lipinski definition) is 2. The average molecular weight is 309 g/mol. The highest BCUT2D eigenvalue weighted by atomic mass is 16.5. The van der Waals surface area contributed by atoms with E-state index in [1.807, 2.05) is 0 Å². The zero-order valence-corrected chi connectivity index (χ0v) is 12.9. The summed E-state index contributed by atoms with van der Waals surface area (Å²) in [6.45, 7) is 2.05. The lowest BCUT2D eigenvalue weighted by Gasteiger charge is -2.11. The fourth-order valence-electron chi connectivity index (χ4n) is 2.75. The summed E-state index contributed by atoms with van der Waals surface area (Å²) < 4.78 is 5.11. The summed E-state index contributed by atoms with van der Waals surface area (Å²) in [5.41, 5.74) is 0. The summed E-state index contributed by atoms with van der Waals surface area (Å²) in [7, 11) is 0. The largest absolute Gasteiger partial charge is 0.481 e. The lowest BCUT2D eigenvalue weighted by molar-refractivity contribution is -0.141. The van der Waals surface area contributed by atoms with Gasteiger partial charge in [0.25, 0.3) is 0 Å². The van der Waals surface area contributed by atoms with Crippen LogP contribution in [0, 0.1) is 5.92 Å². The summed E-state index contributed by atoms with van der Waals surface area (Å²) in [6, 6.07) is -0.00633. The van der Waals surface area contributed by atoms with Gasteiger partial charge in [-0.25, -0.2) is 0 Å². The van der Waals surface area contributed by atoms with E-state index in [4.69, 9.17) is 9.63 Å². The van der Waals surface area contributed by atoms with Crippen LogP contribution in [0.25, 0.3) is 0 Å². The molecule has 0 radical (unpaired) electrons. The molecule has 0 aromatic carbocycles. The molecule has 22 heavy (non-hydrogen) atoms. The fraction of sp³-hybridized carbons (Fsp3) is 0.733. The third kappa shape index (κ3) is 4.82. The molecule has 2 rings (SSSR count). The quantitative estimate of drug-likeness (QED) is 0.757. The lowest BCUT2D eigenvalue weighted by Crippen LogP contribution is -2.33. The topological polar surface area (TPSA) is 105 Å². The molecule has 1 amide bonds. The van der Waals surface area contributed by atoms with E-state index in [-0.39, 0.29) is 17.9 Å². The zero-order chi connectivity index (χ0) is 15.9. The smallest absolute Gasteiger partial charge is 0.306 e. The van der Waals surface area contributed by atoms with E-state index in [1.165, 1.54) is 0 Å². The number of aliphatic carboxylic acids is 1. The second kappa shape index (κ2) is 7.91. The Morgan fingerprint density at radius 3 is 2.86 bits per heavy atom. The van der Waals surface area contributed by atoms with Crippen molar-refractivity contribution in [1.82, 2.24) is 15.5 Å². The van der Waals surface area contributed by atoms with Gasteiger partial charge in [-0.3, -0.25) is 9.59 Å². The number of carboxylic acid groups (broad SMARTS) is 1. The Morgan fingerprint density at radius 2 is 2.18 bits per heavy atom. The van der Waals surface area contributed by atoms with Gasteiger partial charge in [0.15, 0.2) is 5.82 Å². The summed E-state index contributed by atoms with van der Waals surface area (Å²) in [5, 5.41) is 15.7. The molecule has 7 nitrogen and oxygen atoms in total. The van der Waals surface area contributed by atoms with Crippen LogP contribution in [-0.2, 0) is 22.4 Å². The van der Waals surface area contributed by atoms with Gasteiger partial charge in [0.05, 0.1) is 5.92 Å². The van der Waals surface area contributed by atoms with Gasteiger partial charge in [0.1, 0.15) is 0 Å². The maximum absolute atomic E-state index is 11.8. The molecule has 2 N–H and O–H groups in total. The molecule has 122 valence electrons. The molecule has 1 aromatic rings. The number of nitrogens with zero attached hydrogens (tertiary/aromatic N) is 2. The van der Waals surface area contributed by atoms with Crippen LogP contribution in [0.5, 0.6) is 0 Å². The molecule has 1 aliphatic rings. The highest BCUT2D eigenvalue weighted by molar-refractivity contribution is 5.76. The molecule has 1 aliphatic carbocycles. The average Bonchev–Trinajstić information content (AvgIpc) is 3.09. The molecule has 7 heteroatoms. The third-order valence-electron chi connectivity index (χ3n) is 3.93. The van der Waals surface area contributed by atoms with Gasteiger partial charge in [-0.2, -0.15) is 4.98 Å². The Bertz CT molecular complexity index is 515. The Kier molecular flexibility index (Phi) is 5.91. The number of amides is 1. The molecule has 2 atom stereocenters. The van der Waals surface area contributed by atoms with Gasteiger partial charge in [0.2, 0.25) is 11.8 Å². The minimum atomic E-state index is -0.768. The predicted octanol–water partition coefficient (Wildman–Crippen LogP) is 1.71. The minimum Gasteiger partial charge on any atom is -0.481 e. The van der Waals surface area contributed by atoms with Crippen molar-refractivity contribution >= 4 is 11.9 Å². The molecule has 0 bridgehead atoms. The molecule has 1 fully saturated rings. The van der Waals surface area contributed by atoms with Gasteiger partial charge >= 0.3 is 5.97 Å². The predicted molar refractivity (Wildman–Crippen MR) is 78.1 cm³/mol. The van der Waals surface area contributed by atoms with Crippen LogP contribution in [-0.4, -0.2) is 33.2 Å². The molecular weight excluding hydrogens is 286 g/mol. The molecule has 1 aromatic heterocycles. The number of carbonyl (C=O) groups is 2. The van der Waals surface area contributed by atoms with Crippen LogP contribution < -0.4 is 5.32 Å². The number of carboxylic acids is 1. The highest BCUT2D eigenvalue weighted by Gasteiger charge is 2.30. The second-order valence-electron chi connectivity index (χ2n) is 5.82. The molecular formula is C15H23N3O4. The molecule has 0 unspecified atom stereocenters. The lowest BCUT2D eigenvalue weighted by atomic mass is 10.1. The van der Waals surface area contributed by atoms with E-state index in [9.17, 15) is 9.59 Å². The van der Waals surface area contributed by atoms with Crippen LogP contribution in [0.15, 0.2) is 4.52 Å². The van der Waals surface area contributed by atoms with Crippen LogP contribution >= 0.6 is 0 Å². The van der Waals surface area contributed by atoms with Gasteiger partial charge in [-0.15, -0.1) is 0 Å². The number of rotatable bonds is 8. The Labute approximate surface area is 129 Å². The molecule has 0 aliphatic heterocycles. The first-order valence-corrected chi connectivity index (χ1v) is 7.92. The highest BCUT2D eigenvalue weighted by Crippen LogP contribution is 2.25. The third-order valence-corrected chi connectivity index (χ3v) is 3.93. The van der Waals surface area contributed by atoms with E-state index in [0.717, 1.165) is 19.3 Å². The van der Waals surface area contributed by atoms with Gasteiger partial charge < -0.3 is 14.9 Å². The van der Waals surface area contributed by atoms with Crippen molar-refractivity contribution in [1.29, 1.82) is 0 Å². The zero-order valence-electron chi connectivity index (χ0n) is 12.9. The van der Waals surface area contributed by atoms with Gasteiger partial charge in [-0.1, -0.05) is 12.1 Å². The summed E-state index contributed by atoms with van der Waals surface area (Å²) in [4.78, 5) is 27.0. The first kappa shape index (κ1) is 16.5. The van der Waals surface area contributed by atoms with Crippen molar-refractivity contribution in [3.05, 3.63) is 11.7 Å². The van der Waals surface area contributed by atoms with Crippen molar-refractivity contribution in [3.8, 4) is 0 Å². The van der Waals surface area contributed by atoms with Crippen LogP contribution in [0.4, 0.5) is 0 Å². The van der Waals surface area contributed by atoms with E-state index in [2.05, 4.69) is 22.4 Å². The molecule has 0 spiro atoms. The monoisotopic (exact) mass is 309 g/mol. The van der Waals surface area contributed by atoms with Crippen LogP contribution in [0.2, 0.25) is 0 Å². The first-order valence-electron chi connectivity index (χ1n) is 7.92.